The third-order valence-electron chi connectivity index (χ3n) is 4.10. The van der Waals surface area contributed by atoms with Gasteiger partial charge >= 0.3 is 5.97 Å². The fourth-order valence-corrected chi connectivity index (χ4v) is 2.96. The van der Waals surface area contributed by atoms with Gasteiger partial charge < -0.3 is 10.1 Å². The van der Waals surface area contributed by atoms with Gasteiger partial charge in [-0.2, -0.15) is 0 Å². The molecule has 0 spiro atoms. The van der Waals surface area contributed by atoms with Gasteiger partial charge in [0.1, 0.15) is 0 Å². The van der Waals surface area contributed by atoms with Gasteiger partial charge in [-0.1, -0.05) is 26.7 Å². The zero-order valence-corrected chi connectivity index (χ0v) is 12.4. The number of amides is 1. The van der Waals surface area contributed by atoms with E-state index in [9.17, 15) is 9.59 Å². The highest BCUT2D eigenvalue weighted by Gasteiger charge is 2.32. The van der Waals surface area contributed by atoms with Crippen LogP contribution in [0.5, 0.6) is 0 Å². The summed E-state index contributed by atoms with van der Waals surface area (Å²) in [5.41, 5.74) is 0. The second kappa shape index (κ2) is 8.18. The molecule has 19 heavy (non-hydrogen) atoms. The lowest BCUT2D eigenvalue weighted by molar-refractivity contribution is -0.141. The van der Waals surface area contributed by atoms with Crippen LogP contribution in [0.4, 0.5) is 0 Å². The molecule has 0 saturated heterocycles. The Kier molecular flexibility index (Phi) is 6.89. The summed E-state index contributed by atoms with van der Waals surface area (Å²) >= 11 is 0. The Morgan fingerprint density at radius 3 is 2.58 bits per heavy atom. The molecule has 110 valence electrons. The van der Waals surface area contributed by atoms with E-state index in [2.05, 4.69) is 23.9 Å². The second-order valence-electron chi connectivity index (χ2n) is 5.77. The first kappa shape index (κ1) is 16.0. The molecule has 2 atom stereocenters. The molecule has 0 radical (unpaired) electrons. The van der Waals surface area contributed by atoms with Crippen LogP contribution in [-0.2, 0) is 14.3 Å². The van der Waals surface area contributed by atoms with Gasteiger partial charge in [0.25, 0.3) is 0 Å². The monoisotopic (exact) mass is 269 g/mol. The lowest BCUT2D eigenvalue weighted by Crippen LogP contribution is -2.39. The second-order valence-corrected chi connectivity index (χ2v) is 5.77. The molecule has 0 aromatic heterocycles. The van der Waals surface area contributed by atoms with Crippen molar-refractivity contribution in [1.29, 1.82) is 0 Å². The van der Waals surface area contributed by atoms with Crippen LogP contribution in [0, 0.1) is 17.8 Å². The molecule has 1 aliphatic rings. The number of esters is 1. The molecule has 1 amide bonds. The fraction of sp³-hybridized carbons (Fsp3) is 0.867. The summed E-state index contributed by atoms with van der Waals surface area (Å²) in [6, 6.07) is 0. The quantitative estimate of drug-likeness (QED) is 0.595. The third-order valence-corrected chi connectivity index (χ3v) is 4.10. The Labute approximate surface area is 116 Å². The number of methoxy groups -OCH3 is 1. The van der Waals surface area contributed by atoms with E-state index in [1.54, 1.807) is 0 Å². The van der Waals surface area contributed by atoms with Gasteiger partial charge in [0.2, 0.25) is 5.91 Å². The number of hydrogen-bond acceptors (Lipinski definition) is 3. The predicted molar refractivity (Wildman–Crippen MR) is 74.5 cm³/mol. The number of hydrogen-bond donors (Lipinski definition) is 1. The zero-order valence-electron chi connectivity index (χ0n) is 12.4. The van der Waals surface area contributed by atoms with Gasteiger partial charge in [0.05, 0.1) is 7.11 Å². The van der Waals surface area contributed by atoms with Crippen molar-refractivity contribution in [2.45, 2.75) is 52.4 Å². The average molecular weight is 269 g/mol. The highest BCUT2D eigenvalue weighted by Crippen LogP contribution is 2.35. The van der Waals surface area contributed by atoms with E-state index in [1.807, 2.05) is 0 Å². The van der Waals surface area contributed by atoms with Crippen molar-refractivity contribution in [3.05, 3.63) is 0 Å². The number of rotatable bonds is 6. The number of carbonyl (C=O) groups is 2. The molecule has 1 aliphatic carbocycles. The van der Waals surface area contributed by atoms with E-state index in [4.69, 9.17) is 0 Å². The minimum Gasteiger partial charge on any atom is -0.469 e. The van der Waals surface area contributed by atoms with Crippen molar-refractivity contribution in [2.75, 3.05) is 13.7 Å². The molecular weight excluding hydrogens is 242 g/mol. The molecule has 0 aliphatic heterocycles. The first-order chi connectivity index (χ1) is 9.06. The Bertz CT molecular complexity index is 302. The normalized spacial score (nSPS) is 23.2. The summed E-state index contributed by atoms with van der Waals surface area (Å²) in [6.45, 7) is 4.97. The van der Waals surface area contributed by atoms with Crippen LogP contribution >= 0.6 is 0 Å². The Hall–Kier alpha value is -1.06. The van der Waals surface area contributed by atoms with Gasteiger partial charge in [0.15, 0.2) is 0 Å². The van der Waals surface area contributed by atoms with Crippen molar-refractivity contribution in [2.24, 2.45) is 17.8 Å². The summed E-state index contributed by atoms with van der Waals surface area (Å²) in [6.07, 6.45) is 5.59. The zero-order chi connectivity index (χ0) is 14.3. The van der Waals surface area contributed by atoms with Crippen LogP contribution in [0.25, 0.3) is 0 Å². The molecule has 0 heterocycles. The van der Waals surface area contributed by atoms with Crippen LogP contribution in [0.1, 0.15) is 52.4 Å². The SMILES string of the molecule is COC(=O)CCCNC(=O)[C@H]1CCCC[C@H]1C(C)C. The molecule has 0 bridgehead atoms. The van der Waals surface area contributed by atoms with E-state index < -0.39 is 0 Å². The van der Waals surface area contributed by atoms with E-state index in [-0.39, 0.29) is 17.8 Å². The van der Waals surface area contributed by atoms with Crippen molar-refractivity contribution in [1.82, 2.24) is 5.32 Å². The van der Waals surface area contributed by atoms with Gasteiger partial charge in [-0.3, -0.25) is 9.59 Å². The van der Waals surface area contributed by atoms with Gasteiger partial charge in [-0.05, 0) is 31.1 Å². The predicted octanol–water partition coefficient (Wildman–Crippen LogP) is 2.52. The highest BCUT2D eigenvalue weighted by atomic mass is 16.5. The molecule has 1 rings (SSSR count). The molecule has 0 aromatic carbocycles. The van der Waals surface area contributed by atoms with E-state index >= 15 is 0 Å². The van der Waals surface area contributed by atoms with Crippen molar-refractivity contribution in [3.8, 4) is 0 Å². The van der Waals surface area contributed by atoms with Crippen LogP contribution < -0.4 is 5.32 Å². The maximum atomic E-state index is 12.2. The topological polar surface area (TPSA) is 55.4 Å². The highest BCUT2D eigenvalue weighted by molar-refractivity contribution is 5.79. The Balaban J connectivity index is 2.32. The number of carbonyl (C=O) groups excluding carboxylic acids is 2. The van der Waals surface area contributed by atoms with Crippen LogP contribution in [0.15, 0.2) is 0 Å². The minimum absolute atomic E-state index is 0.159. The first-order valence-electron chi connectivity index (χ1n) is 7.40. The summed E-state index contributed by atoms with van der Waals surface area (Å²) < 4.78 is 4.57. The fourth-order valence-electron chi connectivity index (χ4n) is 2.96. The smallest absolute Gasteiger partial charge is 0.305 e. The van der Waals surface area contributed by atoms with E-state index in [0.29, 0.717) is 31.2 Å². The summed E-state index contributed by atoms with van der Waals surface area (Å²) in [7, 11) is 1.39. The molecule has 1 fully saturated rings. The summed E-state index contributed by atoms with van der Waals surface area (Å²) in [5.74, 6) is 1.18. The Morgan fingerprint density at radius 1 is 1.26 bits per heavy atom. The van der Waals surface area contributed by atoms with Crippen molar-refractivity contribution in [3.63, 3.8) is 0 Å². The van der Waals surface area contributed by atoms with Crippen LogP contribution in [0.3, 0.4) is 0 Å². The molecule has 1 N–H and O–H groups in total. The third kappa shape index (κ3) is 5.21. The summed E-state index contributed by atoms with van der Waals surface area (Å²) in [5, 5.41) is 2.97. The molecule has 1 saturated carbocycles. The largest absolute Gasteiger partial charge is 0.469 e. The van der Waals surface area contributed by atoms with Gasteiger partial charge in [-0.15, -0.1) is 0 Å². The van der Waals surface area contributed by atoms with Crippen molar-refractivity contribution >= 4 is 11.9 Å². The Morgan fingerprint density at radius 2 is 1.95 bits per heavy atom. The maximum Gasteiger partial charge on any atom is 0.305 e. The van der Waals surface area contributed by atoms with Gasteiger partial charge in [0, 0.05) is 18.9 Å². The van der Waals surface area contributed by atoms with Crippen LogP contribution in [-0.4, -0.2) is 25.5 Å². The lowest BCUT2D eigenvalue weighted by atomic mass is 9.73. The number of ether oxygens (including phenoxy) is 1. The van der Waals surface area contributed by atoms with Gasteiger partial charge in [-0.25, -0.2) is 0 Å². The molecule has 0 unspecified atom stereocenters. The van der Waals surface area contributed by atoms with E-state index in [0.717, 1.165) is 19.3 Å². The van der Waals surface area contributed by atoms with E-state index in [1.165, 1.54) is 13.5 Å². The minimum atomic E-state index is -0.216. The molecule has 0 aromatic rings. The lowest BCUT2D eigenvalue weighted by Gasteiger charge is -2.33. The standard InChI is InChI=1S/C15H27NO3/c1-11(2)12-7-4-5-8-13(12)15(18)16-10-6-9-14(17)19-3/h11-13H,4-10H2,1-3H3,(H,16,18)/t12-,13-/m0/s1. The van der Waals surface area contributed by atoms with Crippen LogP contribution in [0.2, 0.25) is 0 Å². The average Bonchev–Trinajstić information content (AvgIpc) is 2.42. The first-order valence-corrected chi connectivity index (χ1v) is 7.40. The molecule has 4 heteroatoms. The molecule has 4 nitrogen and oxygen atoms in total. The number of nitrogens with one attached hydrogen (secondary N) is 1. The molecular formula is C15H27NO3. The van der Waals surface area contributed by atoms with Crippen molar-refractivity contribution < 1.29 is 14.3 Å². The maximum absolute atomic E-state index is 12.2. The summed E-state index contributed by atoms with van der Waals surface area (Å²) in [4.78, 5) is 23.2.